The topological polar surface area (TPSA) is 95.1 Å². The highest BCUT2D eigenvalue weighted by molar-refractivity contribution is 6.01. The first kappa shape index (κ1) is 15.6. The number of nitrogens with zero attached hydrogens (tertiary/aromatic N) is 3. The molecule has 0 spiro atoms. The van der Waals surface area contributed by atoms with Crippen LogP contribution in [0.3, 0.4) is 0 Å². The number of fused-ring (bicyclic) bond motifs is 1. The first-order valence-corrected chi connectivity index (χ1v) is 6.66. The maximum absolute atomic E-state index is 10.8. The largest absolute Gasteiger partial charge is 0.480 e. The van der Waals surface area contributed by atoms with Gasteiger partial charge in [-0.1, -0.05) is 18.2 Å². The molecule has 116 valence electrons. The summed E-state index contributed by atoms with van der Waals surface area (Å²) < 4.78 is 2.01. The normalized spacial score (nSPS) is 11.2. The van der Waals surface area contributed by atoms with E-state index in [2.05, 4.69) is 5.10 Å². The van der Waals surface area contributed by atoms with Crippen molar-refractivity contribution in [2.75, 3.05) is 13.1 Å². The molecule has 0 aliphatic carbocycles. The molecule has 2 N–H and O–H groups in total. The molecule has 1 aromatic heterocycles. The molecular weight excluding hydrogens is 286 g/mol. The molecule has 2 rings (SSSR count). The van der Waals surface area contributed by atoms with Gasteiger partial charge in [0.25, 0.3) is 0 Å². The quantitative estimate of drug-likeness (QED) is 0.619. The number of benzene rings is 1. The minimum atomic E-state index is -1.13. The van der Waals surface area contributed by atoms with Crippen LogP contribution < -0.4 is 0 Å². The molecule has 0 aliphatic rings. The fourth-order valence-electron chi connectivity index (χ4n) is 2.30. The summed E-state index contributed by atoms with van der Waals surface area (Å²) in [5.74, 6) is -2.26. The number of para-hydroxylation sites is 1. The minimum Gasteiger partial charge on any atom is -0.480 e. The third-order valence-corrected chi connectivity index (χ3v) is 3.43. The monoisotopic (exact) mass is 303 g/mol. The van der Waals surface area contributed by atoms with E-state index in [4.69, 9.17) is 10.2 Å². The van der Waals surface area contributed by atoms with Gasteiger partial charge < -0.3 is 14.8 Å². The summed E-state index contributed by atoms with van der Waals surface area (Å²) in [4.78, 5) is 21.5. The van der Waals surface area contributed by atoms with Crippen LogP contribution in [0.5, 0.6) is 0 Å². The molecule has 0 radical (unpaired) electrons. The van der Waals surface area contributed by atoms with Crippen LogP contribution in [-0.4, -0.2) is 51.0 Å². The van der Waals surface area contributed by atoms with Crippen molar-refractivity contribution < 1.29 is 19.8 Å². The highest BCUT2D eigenvalue weighted by atomic mass is 16.4. The number of hydrazone groups is 1. The third kappa shape index (κ3) is 3.25. The van der Waals surface area contributed by atoms with Gasteiger partial charge in [-0.2, -0.15) is 5.10 Å². The lowest BCUT2D eigenvalue weighted by molar-refractivity contribution is -0.141. The van der Waals surface area contributed by atoms with E-state index in [1.807, 2.05) is 42.8 Å². The zero-order chi connectivity index (χ0) is 16.3. The molecule has 0 aliphatic heterocycles. The summed E-state index contributed by atoms with van der Waals surface area (Å²) in [7, 11) is 1.93. The number of carbonyl (C=O) groups is 2. The first-order chi connectivity index (χ1) is 10.4. The van der Waals surface area contributed by atoms with Crippen molar-refractivity contribution in [3.8, 4) is 0 Å². The van der Waals surface area contributed by atoms with Crippen molar-refractivity contribution in [3.05, 3.63) is 35.5 Å². The van der Waals surface area contributed by atoms with Crippen LogP contribution in [0.4, 0.5) is 0 Å². The van der Waals surface area contributed by atoms with Crippen molar-refractivity contribution in [2.24, 2.45) is 12.1 Å². The Morgan fingerprint density at radius 2 is 1.82 bits per heavy atom. The Hall–Kier alpha value is -2.83. The number of aliphatic carboxylic acids is 2. The molecule has 0 bridgehead atoms. The van der Waals surface area contributed by atoms with E-state index >= 15 is 0 Å². The number of hydrogen-bond acceptors (Lipinski definition) is 4. The standard InChI is InChI=1S/C15H17N3O4/c1-10-12(11-5-3-4-6-13(11)17(10)2)7-16-18(8-14(19)20)9-15(21)22/h3-7H,8-9H2,1-2H3,(H,19,20)(H,21,22)/b16-7-. The Kier molecular flexibility index (Phi) is 4.45. The van der Waals surface area contributed by atoms with Crippen LogP contribution in [-0.2, 0) is 16.6 Å². The molecule has 0 atom stereocenters. The predicted molar refractivity (Wildman–Crippen MR) is 82.1 cm³/mol. The highest BCUT2D eigenvalue weighted by Gasteiger charge is 2.13. The summed E-state index contributed by atoms with van der Waals surface area (Å²) in [5.41, 5.74) is 2.85. The molecule has 22 heavy (non-hydrogen) atoms. The summed E-state index contributed by atoms with van der Waals surface area (Å²) in [6, 6.07) is 7.77. The fraction of sp³-hybridized carbons (Fsp3) is 0.267. The van der Waals surface area contributed by atoms with Gasteiger partial charge in [-0.05, 0) is 13.0 Å². The van der Waals surface area contributed by atoms with Crippen molar-refractivity contribution in [2.45, 2.75) is 6.92 Å². The van der Waals surface area contributed by atoms with Crippen molar-refractivity contribution in [1.82, 2.24) is 9.58 Å². The Labute approximate surface area is 127 Å². The summed E-state index contributed by atoms with van der Waals surface area (Å²) in [6.07, 6.45) is 1.52. The molecule has 7 heteroatoms. The van der Waals surface area contributed by atoms with Crippen molar-refractivity contribution in [1.29, 1.82) is 0 Å². The van der Waals surface area contributed by atoms with E-state index in [0.29, 0.717) is 0 Å². The van der Waals surface area contributed by atoms with Gasteiger partial charge in [-0.15, -0.1) is 0 Å². The van der Waals surface area contributed by atoms with E-state index in [1.54, 1.807) is 0 Å². The van der Waals surface area contributed by atoms with Crippen LogP contribution in [0.25, 0.3) is 10.9 Å². The fourth-order valence-corrected chi connectivity index (χ4v) is 2.30. The Bertz CT molecular complexity index is 733. The van der Waals surface area contributed by atoms with Crippen LogP contribution >= 0.6 is 0 Å². The molecule has 2 aromatic rings. The molecule has 1 aromatic carbocycles. The second-order valence-electron chi connectivity index (χ2n) is 4.93. The minimum absolute atomic E-state index is 0.466. The first-order valence-electron chi connectivity index (χ1n) is 6.66. The zero-order valence-corrected chi connectivity index (χ0v) is 12.4. The van der Waals surface area contributed by atoms with Gasteiger partial charge in [0.2, 0.25) is 0 Å². The van der Waals surface area contributed by atoms with Gasteiger partial charge in [0.15, 0.2) is 0 Å². The van der Waals surface area contributed by atoms with E-state index in [0.717, 1.165) is 27.2 Å². The van der Waals surface area contributed by atoms with E-state index in [9.17, 15) is 9.59 Å². The van der Waals surface area contributed by atoms with Gasteiger partial charge in [-0.25, -0.2) is 0 Å². The molecular formula is C15H17N3O4. The third-order valence-electron chi connectivity index (χ3n) is 3.43. The van der Waals surface area contributed by atoms with E-state index < -0.39 is 25.0 Å². The molecule has 7 nitrogen and oxygen atoms in total. The summed E-state index contributed by atoms with van der Waals surface area (Å²) in [6.45, 7) is 0.999. The van der Waals surface area contributed by atoms with Gasteiger partial charge in [0.1, 0.15) is 13.1 Å². The number of aryl methyl sites for hydroxylation is 1. The predicted octanol–water partition coefficient (Wildman–Crippen LogP) is 1.29. The lowest BCUT2D eigenvalue weighted by Crippen LogP contribution is -2.30. The molecule has 0 amide bonds. The zero-order valence-electron chi connectivity index (χ0n) is 12.4. The summed E-state index contributed by atoms with van der Waals surface area (Å²) >= 11 is 0. The number of hydrogen-bond donors (Lipinski definition) is 2. The number of rotatable bonds is 6. The van der Waals surface area contributed by atoms with Crippen LogP contribution in [0.1, 0.15) is 11.3 Å². The van der Waals surface area contributed by atoms with Crippen molar-refractivity contribution in [3.63, 3.8) is 0 Å². The van der Waals surface area contributed by atoms with Gasteiger partial charge in [0, 0.05) is 29.2 Å². The maximum Gasteiger partial charge on any atom is 0.324 e. The van der Waals surface area contributed by atoms with E-state index in [-0.39, 0.29) is 0 Å². The Morgan fingerprint density at radius 3 is 2.41 bits per heavy atom. The Morgan fingerprint density at radius 1 is 1.23 bits per heavy atom. The Balaban J connectivity index is 2.37. The second kappa shape index (κ2) is 6.30. The number of aromatic nitrogens is 1. The van der Waals surface area contributed by atoms with Gasteiger partial charge >= 0.3 is 11.9 Å². The molecule has 0 fully saturated rings. The second-order valence-corrected chi connectivity index (χ2v) is 4.93. The SMILES string of the molecule is Cc1c(/C=N\N(CC(=O)O)CC(=O)O)c2ccccc2n1C. The van der Waals surface area contributed by atoms with Crippen molar-refractivity contribution >= 4 is 29.1 Å². The molecule has 0 unspecified atom stereocenters. The van der Waals surface area contributed by atoms with E-state index in [1.165, 1.54) is 6.21 Å². The van der Waals surface area contributed by atoms with Gasteiger partial charge in [0.05, 0.1) is 6.21 Å². The highest BCUT2D eigenvalue weighted by Crippen LogP contribution is 2.23. The number of carboxylic acid groups (broad SMARTS) is 2. The maximum atomic E-state index is 10.8. The smallest absolute Gasteiger partial charge is 0.324 e. The van der Waals surface area contributed by atoms with Crippen LogP contribution in [0.15, 0.2) is 29.4 Å². The number of carboxylic acids is 2. The summed E-state index contributed by atoms with van der Waals surface area (Å²) in [5, 5.41) is 23.6. The molecule has 0 saturated carbocycles. The lowest BCUT2D eigenvalue weighted by atomic mass is 10.1. The van der Waals surface area contributed by atoms with Crippen LogP contribution in [0, 0.1) is 6.92 Å². The van der Waals surface area contributed by atoms with Crippen LogP contribution in [0.2, 0.25) is 0 Å². The average molecular weight is 303 g/mol. The average Bonchev–Trinajstić information content (AvgIpc) is 2.68. The molecule has 1 heterocycles. The lowest BCUT2D eigenvalue weighted by Gasteiger charge is -2.13. The molecule has 0 saturated heterocycles. The van der Waals surface area contributed by atoms with Gasteiger partial charge in [-0.3, -0.25) is 14.6 Å².